The van der Waals surface area contributed by atoms with Crippen molar-refractivity contribution >= 4 is 17.3 Å². The molecule has 1 unspecified atom stereocenters. The maximum atomic E-state index is 13.6. The lowest BCUT2D eigenvalue weighted by Gasteiger charge is -2.15. The number of anilines is 1. The minimum absolute atomic E-state index is 0.117. The summed E-state index contributed by atoms with van der Waals surface area (Å²) in [5.41, 5.74) is -1.54. The number of aliphatic hydroxyl groups excluding tert-OH is 1. The van der Waals surface area contributed by atoms with E-state index in [-0.39, 0.29) is 18.3 Å². The SMILES string of the molecule is CC(CCO)Nc1cc(C(=O)O)c([N+](=O)[O-])cc1F. The Kier molecular flexibility index (Phi) is 4.76. The highest BCUT2D eigenvalue weighted by Crippen LogP contribution is 2.26. The predicted octanol–water partition coefficient (Wildman–Crippen LogP) is 1.61. The van der Waals surface area contributed by atoms with Gasteiger partial charge in [0.15, 0.2) is 5.82 Å². The molecule has 0 amide bonds. The van der Waals surface area contributed by atoms with Gasteiger partial charge in [0.25, 0.3) is 5.69 Å². The molecule has 0 heterocycles. The average molecular weight is 272 g/mol. The minimum Gasteiger partial charge on any atom is -0.477 e. The number of hydrogen-bond acceptors (Lipinski definition) is 5. The van der Waals surface area contributed by atoms with E-state index in [1.807, 2.05) is 0 Å². The van der Waals surface area contributed by atoms with Gasteiger partial charge in [-0.15, -0.1) is 0 Å². The summed E-state index contributed by atoms with van der Waals surface area (Å²) < 4.78 is 13.6. The molecule has 0 fully saturated rings. The number of aromatic carboxylic acids is 1. The largest absolute Gasteiger partial charge is 0.477 e. The number of nitrogens with zero attached hydrogens (tertiary/aromatic N) is 1. The maximum Gasteiger partial charge on any atom is 0.342 e. The van der Waals surface area contributed by atoms with Crippen molar-refractivity contribution in [2.45, 2.75) is 19.4 Å². The number of nitro groups is 1. The number of carbonyl (C=O) groups is 1. The van der Waals surface area contributed by atoms with Crippen LogP contribution >= 0.6 is 0 Å². The summed E-state index contributed by atoms with van der Waals surface area (Å²) in [5.74, 6) is -2.42. The lowest BCUT2D eigenvalue weighted by Crippen LogP contribution is -2.18. The van der Waals surface area contributed by atoms with Crippen LogP contribution in [0.15, 0.2) is 12.1 Å². The van der Waals surface area contributed by atoms with Gasteiger partial charge in [-0.1, -0.05) is 0 Å². The highest BCUT2D eigenvalue weighted by Gasteiger charge is 2.23. The molecule has 104 valence electrons. The monoisotopic (exact) mass is 272 g/mol. The first-order valence-electron chi connectivity index (χ1n) is 5.45. The van der Waals surface area contributed by atoms with Gasteiger partial charge < -0.3 is 15.5 Å². The molecule has 0 saturated carbocycles. The van der Waals surface area contributed by atoms with Crippen molar-refractivity contribution in [3.05, 3.63) is 33.6 Å². The fourth-order valence-corrected chi connectivity index (χ4v) is 1.53. The summed E-state index contributed by atoms with van der Waals surface area (Å²) in [6.07, 6.45) is 0.332. The van der Waals surface area contributed by atoms with E-state index in [1.54, 1.807) is 6.92 Å². The van der Waals surface area contributed by atoms with Crippen molar-refractivity contribution in [1.29, 1.82) is 0 Å². The number of nitrogens with one attached hydrogen (secondary N) is 1. The molecule has 3 N–H and O–H groups in total. The van der Waals surface area contributed by atoms with Crippen molar-refractivity contribution in [2.24, 2.45) is 0 Å². The van der Waals surface area contributed by atoms with Gasteiger partial charge in [-0.05, 0) is 19.4 Å². The zero-order chi connectivity index (χ0) is 14.6. The van der Waals surface area contributed by atoms with Gasteiger partial charge in [0.2, 0.25) is 0 Å². The molecule has 7 nitrogen and oxygen atoms in total. The molecule has 1 atom stereocenters. The van der Waals surface area contributed by atoms with E-state index >= 15 is 0 Å². The van der Waals surface area contributed by atoms with E-state index in [1.165, 1.54) is 0 Å². The summed E-state index contributed by atoms with van der Waals surface area (Å²) in [5, 5.41) is 30.9. The molecule has 0 aromatic heterocycles. The normalized spacial score (nSPS) is 11.9. The smallest absolute Gasteiger partial charge is 0.342 e. The van der Waals surface area contributed by atoms with E-state index in [0.29, 0.717) is 12.5 Å². The Morgan fingerprint density at radius 1 is 1.58 bits per heavy atom. The van der Waals surface area contributed by atoms with E-state index < -0.39 is 28.0 Å². The Balaban J connectivity index is 3.17. The van der Waals surface area contributed by atoms with Gasteiger partial charge >= 0.3 is 5.97 Å². The van der Waals surface area contributed by atoms with Crippen molar-refractivity contribution in [1.82, 2.24) is 0 Å². The zero-order valence-corrected chi connectivity index (χ0v) is 10.1. The van der Waals surface area contributed by atoms with E-state index in [2.05, 4.69) is 5.32 Å². The van der Waals surface area contributed by atoms with E-state index in [9.17, 15) is 19.3 Å². The molecular weight excluding hydrogens is 259 g/mol. The lowest BCUT2D eigenvalue weighted by atomic mass is 10.1. The van der Waals surface area contributed by atoms with Crippen LogP contribution in [0.1, 0.15) is 23.7 Å². The molecule has 0 radical (unpaired) electrons. The predicted molar refractivity (Wildman–Crippen MR) is 64.8 cm³/mol. The Morgan fingerprint density at radius 3 is 2.68 bits per heavy atom. The van der Waals surface area contributed by atoms with Gasteiger partial charge in [0.1, 0.15) is 5.56 Å². The molecule has 0 aliphatic heterocycles. The maximum absolute atomic E-state index is 13.6. The topological polar surface area (TPSA) is 113 Å². The Morgan fingerprint density at radius 2 is 2.21 bits per heavy atom. The first-order chi connectivity index (χ1) is 8.86. The van der Waals surface area contributed by atoms with Gasteiger partial charge in [-0.2, -0.15) is 0 Å². The van der Waals surface area contributed by atoms with Crippen molar-refractivity contribution in [3.63, 3.8) is 0 Å². The summed E-state index contributed by atoms with van der Waals surface area (Å²) >= 11 is 0. The number of nitro benzene ring substituents is 1. The molecule has 8 heteroatoms. The third-order valence-electron chi connectivity index (χ3n) is 2.48. The number of hydrogen-bond donors (Lipinski definition) is 3. The first kappa shape index (κ1) is 14.8. The van der Waals surface area contributed by atoms with Crippen LogP contribution in [0.3, 0.4) is 0 Å². The van der Waals surface area contributed by atoms with Crippen LogP contribution < -0.4 is 5.32 Å². The van der Waals surface area contributed by atoms with Crippen LogP contribution in [0.4, 0.5) is 15.8 Å². The molecule has 1 aromatic carbocycles. The first-order valence-corrected chi connectivity index (χ1v) is 5.45. The minimum atomic E-state index is -1.51. The van der Waals surface area contributed by atoms with Gasteiger partial charge in [0.05, 0.1) is 16.7 Å². The van der Waals surface area contributed by atoms with Gasteiger partial charge in [-0.3, -0.25) is 10.1 Å². The third-order valence-corrected chi connectivity index (χ3v) is 2.48. The summed E-state index contributed by atoms with van der Waals surface area (Å²) in [4.78, 5) is 20.6. The fourth-order valence-electron chi connectivity index (χ4n) is 1.53. The molecule has 0 aliphatic carbocycles. The zero-order valence-electron chi connectivity index (χ0n) is 10.1. The van der Waals surface area contributed by atoms with Crippen LogP contribution in [-0.2, 0) is 0 Å². The van der Waals surface area contributed by atoms with Crippen LogP contribution in [0, 0.1) is 15.9 Å². The molecule has 0 bridgehead atoms. The number of carboxylic acids is 1. The standard InChI is InChI=1S/C11H13FN2O5/c1-6(2-3-15)13-9-4-7(11(16)17)10(14(18)19)5-8(9)12/h4-6,13,15H,2-3H2,1H3,(H,16,17). The van der Waals surface area contributed by atoms with Crippen LogP contribution in [0.5, 0.6) is 0 Å². The van der Waals surface area contributed by atoms with Crippen LogP contribution in [-0.4, -0.2) is 33.8 Å². The second-order valence-corrected chi connectivity index (χ2v) is 3.97. The van der Waals surface area contributed by atoms with Crippen LogP contribution in [0.2, 0.25) is 0 Å². The van der Waals surface area contributed by atoms with Crippen molar-refractivity contribution in [2.75, 3.05) is 11.9 Å². The molecule has 19 heavy (non-hydrogen) atoms. The molecule has 1 aromatic rings. The molecule has 1 rings (SSSR count). The fraction of sp³-hybridized carbons (Fsp3) is 0.364. The Bertz CT molecular complexity index is 506. The number of aliphatic hydroxyl groups is 1. The quantitative estimate of drug-likeness (QED) is 0.535. The van der Waals surface area contributed by atoms with Gasteiger partial charge in [-0.25, -0.2) is 9.18 Å². The van der Waals surface area contributed by atoms with Crippen LogP contribution in [0.25, 0.3) is 0 Å². The highest BCUT2D eigenvalue weighted by atomic mass is 19.1. The Labute approximate surface area is 107 Å². The third kappa shape index (κ3) is 3.62. The molecule has 0 aliphatic rings. The number of halogens is 1. The number of rotatable bonds is 6. The summed E-state index contributed by atoms with van der Waals surface area (Å²) in [6.45, 7) is 1.55. The summed E-state index contributed by atoms with van der Waals surface area (Å²) in [7, 11) is 0. The molecule has 0 spiro atoms. The average Bonchev–Trinajstić information content (AvgIpc) is 2.31. The Hall–Kier alpha value is -2.22. The highest BCUT2D eigenvalue weighted by molar-refractivity contribution is 5.93. The molecular formula is C11H13FN2O5. The second kappa shape index (κ2) is 6.10. The lowest BCUT2D eigenvalue weighted by molar-refractivity contribution is -0.385. The van der Waals surface area contributed by atoms with E-state index in [4.69, 9.17) is 10.2 Å². The van der Waals surface area contributed by atoms with E-state index in [0.717, 1.165) is 6.07 Å². The number of carboxylic acid groups (broad SMARTS) is 1. The molecule has 0 saturated heterocycles. The van der Waals surface area contributed by atoms with Crippen molar-refractivity contribution < 1.29 is 24.3 Å². The van der Waals surface area contributed by atoms with Crippen molar-refractivity contribution in [3.8, 4) is 0 Å². The van der Waals surface area contributed by atoms with Gasteiger partial charge in [0, 0.05) is 12.6 Å². The summed E-state index contributed by atoms with van der Waals surface area (Å²) in [6, 6.07) is 1.14. The number of benzene rings is 1. The second-order valence-electron chi connectivity index (χ2n) is 3.97.